The van der Waals surface area contributed by atoms with Crippen molar-refractivity contribution < 1.29 is 33.7 Å². The van der Waals surface area contributed by atoms with Gasteiger partial charge in [0.15, 0.2) is 11.5 Å². The van der Waals surface area contributed by atoms with Gasteiger partial charge in [-0.3, -0.25) is 9.59 Å². The van der Waals surface area contributed by atoms with Gasteiger partial charge in [-0.05, 0) is 42.5 Å². The van der Waals surface area contributed by atoms with Gasteiger partial charge in [-0.15, -0.1) is 0 Å². The fourth-order valence-electron chi connectivity index (χ4n) is 3.13. The first-order valence-corrected chi connectivity index (χ1v) is 9.73. The summed E-state index contributed by atoms with van der Waals surface area (Å²) in [7, 11) is 4.34. The zero-order valence-corrected chi connectivity index (χ0v) is 18.2. The standard InChI is InChI=1S/C24H22N2O7/c1-31-19-12-15(13-20(32-2)21(19)33-3)22(27)26-18-10-5-4-9-17(18)23(28)25-16-8-6-7-14(11-16)24(29)30/h4-13H,1-3H3,(H,25,28)(H,26,27)(H,29,30). The van der Waals surface area contributed by atoms with Crippen LogP contribution in [0, 0.1) is 0 Å². The lowest BCUT2D eigenvalue weighted by molar-refractivity contribution is 0.0696. The number of hydrogen-bond acceptors (Lipinski definition) is 6. The molecule has 0 aliphatic rings. The van der Waals surface area contributed by atoms with Gasteiger partial charge in [-0.2, -0.15) is 0 Å². The fourth-order valence-corrected chi connectivity index (χ4v) is 3.13. The van der Waals surface area contributed by atoms with Gasteiger partial charge < -0.3 is 30.0 Å². The third-order valence-electron chi connectivity index (χ3n) is 4.71. The molecule has 0 aliphatic heterocycles. The Hall–Kier alpha value is -4.53. The molecule has 0 radical (unpaired) electrons. The van der Waals surface area contributed by atoms with E-state index in [1.54, 1.807) is 30.3 Å². The number of amides is 2. The average molecular weight is 450 g/mol. The van der Waals surface area contributed by atoms with Crippen LogP contribution in [0.4, 0.5) is 11.4 Å². The molecule has 0 fully saturated rings. The molecule has 0 heterocycles. The summed E-state index contributed by atoms with van der Waals surface area (Å²) < 4.78 is 15.8. The Morgan fingerprint density at radius 2 is 1.39 bits per heavy atom. The number of carboxylic acid groups (broad SMARTS) is 1. The Morgan fingerprint density at radius 1 is 0.727 bits per heavy atom. The van der Waals surface area contributed by atoms with Crippen molar-refractivity contribution in [2.75, 3.05) is 32.0 Å². The molecule has 0 aliphatic carbocycles. The van der Waals surface area contributed by atoms with Gasteiger partial charge in [0, 0.05) is 11.3 Å². The minimum atomic E-state index is -1.11. The zero-order valence-electron chi connectivity index (χ0n) is 18.2. The van der Waals surface area contributed by atoms with Crippen LogP contribution in [0.25, 0.3) is 0 Å². The van der Waals surface area contributed by atoms with Crippen LogP contribution in [-0.4, -0.2) is 44.2 Å². The van der Waals surface area contributed by atoms with Gasteiger partial charge in [0.25, 0.3) is 11.8 Å². The van der Waals surface area contributed by atoms with Crippen molar-refractivity contribution in [2.24, 2.45) is 0 Å². The summed E-state index contributed by atoms with van der Waals surface area (Å²) in [5.41, 5.74) is 1.04. The molecular weight excluding hydrogens is 428 g/mol. The van der Waals surface area contributed by atoms with Crippen molar-refractivity contribution in [1.82, 2.24) is 0 Å². The third-order valence-corrected chi connectivity index (χ3v) is 4.71. The molecule has 33 heavy (non-hydrogen) atoms. The predicted octanol–water partition coefficient (Wildman–Crippen LogP) is 3.92. The Labute approximate surface area is 189 Å². The van der Waals surface area contributed by atoms with E-state index < -0.39 is 17.8 Å². The highest BCUT2D eigenvalue weighted by Gasteiger charge is 2.19. The maximum Gasteiger partial charge on any atom is 0.335 e. The SMILES string of the molecule is COc1cc(C(=O)Nc2ccccc2C(=O)Nc2cccc(C(=O)O)c2)cc(OC)c1OC. The fraction of sp³-hybridized carbons (Fsp3) is 0.125. The van der Waals surface area contributed by atoms with Gasteiger partial charge in [-0.1, -0.05) is 18.2 Å². The number of benzene rings is 3. The first-order chi connectivity index (χ1) is 15.9. The molecular formula is C24H22N2O7. The molecule has 0 saturated carbocycles. The molecule has 3 N–H and O–H groups in total. The van der Waals surface area contributed by atoms with Crippen LogP contribution in [0.5, 0.6) is 17.2 Å². The Balaban J connectivity index is 1.86. The van der Waals surface area contributed by atoms with Crippen LogP contribution in [0.2, 0.25) is 0 Å². The second kappa shape index (κ2) is 10.2. The summed E-state index contributed by atoms with van der Waals surface area (Å²) >= 11 is 0. The van der Waals surface area contributed by atoms with E-state index in [0.29, 0.717) is 22.9 Å². The molecule has 3 rings (SSSR count). The van der Waals surface area contributed by atoms with E-state index in [4.69, 9.17) is 19.3 Å². The lowest BCUT2D eigenvalue weighted by atomic mass is 10.1. The van der Waals surface area contributed by atoms with Gasteiger partial charge in [0.1, 0.15) is 0 Å². The molecule has 2 amide bonds. The highest BCUT2D eigenvalue weighted by Crippen LogP contribution is 2.38. The maximum atomic E-state index is 12.9. The molecule has 0 spiro atoms. The summed E-state index contributed by atoms with van der Waals surface area (Å²) in [6, 6.07) is 15.3. The summed E-state index contributed by atoms with van der Waals surface area (Å²) in [6.45, 7) is 0. The first kappa shape index (κ1) is 23.1. The lowest BCUT2D eigenvalue weighted by Gasteiger charge is -2.15. The van der Waals surface area contributed by atoms with E-state index in [1.165, 1.54) is 51.7 Å². The van der Waals surface area contributed by atoms with Crippen molar-refractivity contribution in [3.63, 3.8) is 0 Å². The monoisotopic (exact) mass is 450 g/mol. The minimum Gasteiger partial charge on any atom is -0.493 e. The molecule has 3 aromatic carbocycles. The van der Waals surface area contributed by atoms with Gasteiger partial charge in [-0.25, -0.2) is 4.79 Å². The maximum absolute atomic E-state index is 12.9. The minimum absolute atomic E-state index is 0.0387. The number of carbonyl (C=O) groups is 3. The summed E-state index contributed by atoms with van der Waals surface area (Å²) in [5.74, 6) is -1.15. The number of methoxy groups -OCH3 is 3. The number of anilines is 2. The first-order valence-electron chi connectivity index (χ1n) is 9.73. The van der Waals surface area contributed by atoms with Gasteiger partial charge in [0.2, 0.25) is 5.75 Å². The number of carbonyl (C=O) groups excluding carboxylic acids is 2. The van der Waals surface area contributed by atoms with E-state index in [9.17, 15) is 14.4 Å². The van der Waals surface area contributed by atoms with Gasteiger partial charge >= 0.3 is 5.97 Å². The largest absolute Gasteiger partial charge is 0.493 e. The zero-order chi connectivity index (χ0) is 24.0. The van der Waals surface area contributed by atoms with Crippen LogP contribution in [0.3, 0.4) is 0 Å². The number of aromatic carboxylic acids is 1. The van der Waals surface area contributed by atoms with Crippen molar-refractivity contribution in [1.29, 1.82) is 0 Å². The smallest absolute Gasteiger partial charge is 0.335 e. The quantitative estimate of drug-likeness (QED) is 0.475. The second-order valence-corrected chi connectivity index (χ2v) is 6.75. The second-order valence-electron chi connectivity index (χ2n) is 6.75. The normalized spacial score (nSPS) is 10.2. The number of carboxylic acids is 1. The number of rotatable bonds is 8. The highest BCUT2D eigenvalue weighted by atomic mass is 16.5. The Bertz CT molecular complexity index is 1180. The number of para-hydroxylation sites is 1. The Kier molecular flexibility index (Phi) is 7.14. The van der Waals surface area contributed by atoms with Gasteiger partial charge in [0.05, 0.1) is 38.1 Å². The molecule has 9 heteroatoms. The molecule has 0 saturated heterocycles. The summed E-state index contributed by atoms with van der Waals surface area (Å²) in [5, 5.41) is 14.5. The number of hydrogen-bond donors (Lipinski definition) is 3. The van der Waals surface area contributed by atoms with Crippen molar-refractivity contribution in [3.05, 3.63) is 77.4 Å². The average Bonchev–Trinajstić information content (AvgIpc) is 2.83. The molecule has 0 aromatic heterocycles. The Morgan fingerprint density at radius 3 is 2.00 bits per heavy atom. The summed E-state index contributed by atoms with van der Waals surface area (Å²) in [4.78, 5) is 37.0. The van der Waals surface area contributed by atoms with Crippen molar-refractivity contribution >= 4 is 29.2 Å². The molecule has 3 aromatic rings. The van der Waals surface area contributed by atoms with Crippen molar-refractivity contribution in [3.8, 4) is 17.2 Å². The topological polar surface area (TPSA) is 123 Å². The van der Waals surface area contributed by atoms with E-state index in [2.05, 4.69) is 10.6 Å². The van der Waals surface area contributed by atoms with E-state index in [0.717, 1.165) is 0 Å². The molecule has 0 bridgehead atoms. The van der Waals surface area contributed by atoms with Crippen LogP contribution < -0.4 is 24.8 Å². The third kappa shape index (κ3) is 5.21. The molecule has 170 valence electrons. The van der Waals surface area contributed by atoms with Crippen LogP contribution in [-0.2, 0) is 0 Å². The lowest BCUT2D eigenvalue weighted by Crippen LogP contribution is -2.18. The van der Waals surface area contributed by atoms with E-state index >= 15 is 0 Å². The summed E-state index contributed by atoms with van der Waals surface area (Å²) in [6.07, 6.45) is 0. The van der Waals surface area contributed by atoms with Crippen LogP contribution >= 0.6 is 0 Å². The highest BCUT2D eigenvalue weighted by molar-refractivity contribution is 6.13. The van der Waals surface area contributed by atoms with E-state index in [-0.39, 0.29) is 22.4 Å². The van der Waals surface area contributed by atoms with Crippen LogP contribution in [0.15, 0.2) is 60.7 Å². The number of ether oxygens (including phenoxy) is 3. The van der Waals surface area contributed by atoms with E-state index in [1.807, 2.05) is 0 Å². The van der Waals surface area contributed by atoms with Crippen LogP contribution in [0.1, 0.15) is 31.1 Å². The van der Waals surface area contributed by atoms with Crippen molar-refractivity contribution in [2.45, 2.75) is 0 Å². The molecule has 9 nitrogen and oxygen atoms in total. The predicted molar refractivity (Wildman–Crippen MR) is 122 cm³/mol. The molecule has 0 unspecified atom stereocenters. The number of nitrogens with one attached hydrogen (secondary N) is 2. The molecule has 0 atom stereocenters.